The van der Waals surface area contributed by atoms with Gasteiger partial charge in [0, 0.05) is 35.9 Å². The molecule has 2 saturated carbocycles. The number of benzene rings is 2. The van der Waals surface area contributed by atoms with E-state index in [-0.39, 0.29) is 18.0 Å². The van der Waals surface area contributed by atoms with Crippen molar-refractivity contribution in [1.29, 1.82) is 0 Å². The second-order valence-corrected chi connectivity index (χ2v) is 7.69. The van der Waals surface area contributed by atoms with Crippen LogP contribution in [0.25, 0.3) is 10.8 Å². The second-order valence-electron chi connectivity index (χ2n) is 7.69. The molecular weight excluding hydrogens is 339 g/mol. The molecular formula is C23H23FN2O. The lowest BCUT2D eigenvalue weighted by Crippen LogP contribution is -2.50. The molecule has 3 nitrogen and oxygen atoms in total. The van der Waals surface area contributed by atoms with Crippen molar-refractivity contribution >= 4 is 10.8 Å². The fourth-order valence-electron chi connectivity index (χ4n) is 3.90. The number of aromatic nitrogens is 1. The van der Waals surface area contributed by atoms with Crippen molar-refractivity contribution in [2.24, 2.45) is 0 Å². The molecule has 0 spiro atoms. The maximum Gasteiger partial charge on any atom is 0.128 e. The molecule has 0 bridgehead atoms. The largest absolute Gasteiger partial charge is 0.489 e. The van der Waals surface area contributed by atoms with Crippen molar-refractivity contribution in [3.63, 3.8) is 0 Å². The van der Waals surface area contributed by atoms with Crippen molar-refractivity contribution in [3.05, 3.63) is 71.8 Å². The highest BCUT2D eigenvalue weighted by Gasteiger charge is 2.33. The van der Waals surface area contributed by atoms with Gasteiger partial charge in [-0.1, -0.05) is 12.1 Å². The first-order valence-electron chi connectivity index (χ1n) is 9.79. The molecule has 138 valence electrons. The molecule has 27 heavy (non-hydrogen) atoms. The van der Waals surface area contributed by atoms with Gasteiger partial charge in [-0.2, -0.15) is 0 Å². The van der Waals surface area contributed by atoms with Crippen LogP contribution in [0.1, 0.15) is 42.7 Å². The minimum atomic E-state index is -0.171. The van der Waals surface area contributed by atoms with Gasteiger partial charge in [0.05, 0.1) is 0 Å². The predicted molar refractivity (Wildman–Crippen MR) is 104 cm³/mol. The molecule has 2 aromatic carbocycles. The van der Waals surface area contributed by atoms with E-state index in [0.717, 1.165) is 35.3 Å². The number of hydrogen-bond donors (Lipinski definition) is 1. The summed E-state index contributed by atoms with van der Waals surface area (Å²) in [5.74, 6) is 1.51. The van der Waals surface area contributed by atoms with E-state index in [4.69, 9.17) is 4.74 Å². The van der Waals surface area contributed by atoms with Gasteiger partial charge in [0.1, 0.15) is 17.7 Å². The fraction of sp³-hybridized carbons (Fsp3) is 0.348. The molecule has 0 saturated heterocycles. The van der Waals surface area contributed by atoms with E-state index in [1.54, 1.807) is 18.5 Å². The molecule has 0 radical (unpaired) electrons. The Labute approximate surface area is 158 Å². The topological polar surface area (TPSA) is 34.2 Å². The number of ether oxygens (including phenoxy) is 1. The first-order chi connectivity index (χ1) is 13.3. The zero-order chi connectivity index (χ0) is 18.2. The van der Waals surface area contributed by atoms with Crippen LogP contribution in [-0.2, 0) is 6.54 Å². The Hall–Kier alpha value is -2.46. The molecule has 1 aromatic heterocycles. The summed E-state index contributed by atoms with van der Waals surface area (Å²) in [5.41, 5.74) is 2.10. The Morgan fingerprint density at radius 1 is 1.07 bits per heavy atom. The molecule has 4 heteroatoms. The van der Waals surface area contributed by atoms with Crippen LogP contribution in [0.4, 0.5) is 4.39 Å². The molecule has 1 N–H and O–H groups in total. The van der Waals surface area contributed by atoms with Crippen LogP contribution in [-0.4, -0.2) is 17.1 Å². The highest BCUT2D eigenvalue weighted by molar-refractivity contribution is 5.84. The zero-order valence-electron chi connectivity index (χ0n) is 15.2. The molecule has 2 fully saturated rings. The summed E-state index contributed by atoms with van der Waals surface area (Å²) >= 11 is 0. The SMILES string of the molecule is Fc1ccc2cnccc2c1CN[C@@H]1CC[C@H]1Oc1cccc(C2CC2)c1. The zero-order valence-corrected chi connectivity index (χ0v) is 15.2. The quantitative estimate of drug-likeness (QED) is 0.674. The second kappa shape index (κ2) is 6.93. The van der Waals surface area contributed by atoms with Gasteiger partial charge in [0.15, 0.2) is 0 Å². The predicted octanol–water partition coefficient (Wildman–Crippen LogP) is 4.95. The van der Waals surface area contributed by atoms with E-state index in [9.17, 15) is 4.39 Å². The maximum absolute atomic E-state index is 14.4. The standard InChI is InChI=1S/C23H23FN2O/c24-21-7-6-17-13-25-11-10-19(17)20(21)14-26-22-8-9-23(22)27-18-3-1-2-16(12-18)15-4-5-15/h1-3,6-7,10-13,15,22-23,26H,4-5,8-9,14H2/t22-,23-/m1/s1. The number of rotatable bonds is 6. The summed E-state index contributed by atoms with van der Waals surface area (Å²) < 4.78 is 20.6. The number of fused-ring (bicyclic) bond motifs is 1. The Bertz CT molecular complexity index is 970. The molecule has 0 aliphatic heterocycles. The highest BCUT2D eigenvalue weighted by atomic mass is 19.1. The van der Waals surface area contributed by atoms with Crippen LogP contribution < -0.4 is 10.1 Å². The van der Waals surface area contributed by atoms with Crippen molar-refractivity contribution in [1.82, 2.24) is 10.3 Å². The number of nitrogens with one attached hydrogen (secondary N) is 1. The molecule has 2 aliphatic rings. The van der Waals surface area contributed by atoms with Gasteiger partial charge >= 0.3 is 0 Å². The lowest BCUT2D eigenvalue weighted by molar-refractivity contribution is 0.0716. The molecule has 2 aliphatic carbocycles. The Morgan fingerprint density at radius 3 is 2.81 bits per heavy atom. The average Bonchev–Trinajstić information content (AvgIpc) is 3.53. The lowest BCUT2D eigenvalue weighted by Gasteiger charge is -2.37. The minimum Gasteiger partial charge on any atom is -0.489 e. The van der Waals surface area contributed by atoms with Gasteiger partial charge in [-0.05, 0) is 72.9 Å². The van der Waals surface area contributed by atoms with E-state index in [2.05, 4.69) is 28.5 Å². The van der Waals surface area contributed by atoms with Crippen LogP contribution in [0.2, 0.25) is 0 Å². The van der Waals surface area contributed by atoms with E-state index in [0.29, 0.717) is 12.1 Å². The monoisotopic (exact) mass is 362 g/mol. The summed E-state index contributed by atoms with van der Waals surface area (Å²) in [6.07, 6.45) is 8.33. The van der Waals surface area contributed by atoms with E-state index in [1.165, 1.54) is 24.5 Å². The fourth-order valence-corrected chi connectivity index (χ4v) is 3.90. The molecule has 0 amide bonds. The maximum atomic E-state index is 14.4. The smallest absolute Gasteiger partial charge is 0.128 e. The lowest BCUT2D eigenvalue weighted by atomic mass is 9.88. The third-order valence-electron chi connectivity index (χ3n) is 5.82. The summed E-state index contributed by atoms with van der Waals surface area (Å²) in [5, 5.41) is 5.39. The molecule has 0 unspecified atom stereocenters. The normalized spacial score (nSPS) is 21.8. The van der Waals surface area contributed by atoms with Crippen LogP contribution in [0.5, 0.6) is 5.75 Å². The van der Waals surface area contributed by atoms with Gasteiger partial charge in [0.2, 0.25) is 0 Å². The molecule has 2 atom stereocenters. The van der Waals surface area contributed by atoms with Crippen molar-refractivity contribution < 1.29 is 9.13 Å². The van der Waals surface area contributed by atoms with Crippen molar-refractivity contribution in [2.45, 2.75) is 50.3 Å². The van der Waals surface area contributed by atoms with Crippen LogP contribution >= 0.6 is 0 Å². The number of pyridine rings is 1. The molecule has 1 heterocycles. The van der Waals surface area contributed by atoms with Crippen molar-refractivity contribution in [2.75, 3.05) is 0 Å². The van der Waals surface area contributed by atoms with Crippen LogP contribution in [0.15, 0.2) is 54.9 Å². The summed E-state index contributed by atoms with van der Waals surface area (Å²) in [4.78, 5) is 4.13. The summed E-state index contributed by atoms with van der Waals surface area (Å²) in [6.45, 7) is 0.500. The number of nitrogens with zero attached hydrogens (tertiary/aromatic N) is 1. The molecule has 5 rings (SSSR count). The first kappa shape index (κ1) is 16.7. The number of halogens is 1. The van der Waals surface area contributed by atoms with Crippen LogP contribution in [0.3, 0.4) is 0 Å². The van der Waals surface area contributed by atoms with Gasteiger partial charge in [-0.15, -0.1) is 0 Å². The summed E-state index contributed by atoms with van der Waals surface area (Å²) in [7, 11) is 0. The van der Waals surface area contributed by atoms with E-state index in [1.807, 2.05) is 12.1 Å². The van der Waals surface area contributed by atoms with Crippen LogP contribution in [0, 0.1) is 5.82 Å². The Morgan fingerprint density at radius 2 is 2.00 bits per heavy atom. The van der Waals surface area contributed by atoms with Gasteiger partial charge in [-0.3, -0.25) is 4.98 Å². The first-order valence-corrected chi connectivity index (χ1v) is 9.79. The number of hydrogen-bond acceptors (Lipinski definition) is 3. The summed E-state index contributed by atoms with van der Waals surface area (Å²) in [6, 6.07) is 14.0. The van der Waals surface area contributed by atoms with Gasteiger partial charge in [-0.25, -0.2) is 4.39 Å². The van der Waals surface area contributed by atoms with E-state index < -0.39 is 0 Å². The third kappa shape index (κ3) is 3.42. The van der Waals surface area contributed by atoms with Gasteiger partial charge in [0.25, 0.3) is 0 Å². The Balaban J connectivity index is 1.26. The van der Waals surface area contributed by atoms with Gasteiger partial charge < -0.3 is 10.1 Å². The van der Waals surface area contributed by atoms with E-state index >= 15 is 0 Å². The minimum absolute atomic E-state index is 0.152. The average molecular weight is 362 g/mol. The third-order valence-corrected chi connectivity index (χ3v) is 5.82. The highest BCUT2D eigenvalue weighted by Crippen LogP contribution is 2.41. The van der Waals surface area contributed by atoms with Crippen molar-refractivity contribution in [3.8, 4) is 5.75 Å². The molecule has 3 aromatic rings. The Kier molecular flexibility index (Phi) is 4.29.